The van der Waals surface area contributed by atoms with Crippen molar-refractivity contribution < 1.29 is 33.3 Å². The minimum Gasteiger partial charge on any atom is -0.497 e. The molecule has 9 nitrogen and oxygen atoms in total. The summed E-state index contributed by atoms with van der Waals surface area (Å²) in [6, 6.07) is 4.29. The van der Waals surface area contributed by atoms with Gasteiger partial charge in [-0.05, 0) is 25.5 Å². The van der Waals surface area contributed by atoms with E-state index in [0.29, 0.717) is 36.8 Å². The predicted octanol–water partition coefficient (Wildman–Crippen LogP) is 1.58. The number of anilines is 1. The fourth-order valence-electron chi connectivity index (χ4n) is 3.10. The number of carbonyl (C=O) groups excluding carboxylic acids is 3. The lowest BCUT2D eigenvalue weighted by molar-refractivity contribution is -0.153. The molecule has 1 atom stereocenters. The van der Waals surface area contributed by atoms with E-state index < -0.39 is 12.0 Å². The molecule has 1 saturated heterocycles. The number of likely N-dealkylation sites (tertiary alicyclic amines) is 1. The van der Waals surface area contributed by atoms with Crippen LogP contribution in [0, 0.1) is 0 Å². The number of methoxy groups -OCH3 is 2. The van der Waals surface area contributed by atoms with Crippen LogP contribution in [0.2, 0.25) is 0 Å². The number of nitrogens with zero attached hydrogens (tertiary/aromatic N) is 2. The first-order chi connectivity index (χ1) is 13.9. The second kappa shape index (κ2) is 10.7. The number of benzene rings is 1. The summed E-state index contributed by atoms with van der Waals surface area (Å²) in [4.78, 5) is 40.0. The van der Waals surface area contributed by atoms with Gasteiger partial charge in [0.2, 0.25) is 11.8 Å². The number of ether oxygens (including phenoxy) is 4. The van der Waals surface area contributed by atoms with Crippen LogP contribution in [-0.4, -0.2) is 69.4 Å². The third kappa shape index (κ3) is 5.60. The predicted molar refractivity (Wildman–Crippen MR) is 105 cm³/mol. The lowest BCUT2D eigenvalue weighted by Gasteiger charge is -2.31. The fourth-order valence-corrected chi connectivity index (χ4v) is 3.10. The third-order valence-electron chi connectivity index (χ3n) is 4.63. The van der Waals surface area contributed by atoms with Crippen molar-refractivity contribution in [1.29, 1.82) is 0 Å². The Kier molecular flexibility index (Phi) is 8.26. The van der Waals surface area contributed by atoms with Crippen molar-refractivity contribution in [2.75, 3.05) is 45.6 Å². The minimum absolute atomic E-state index is 0.0943. The van der Waals surface area contributed by atoms with Crippen LogP contribution in [0.15, 0.2) is 18.2 Å². The minimum atomic E-state index is -0.748. The van der Waals surface area contributed by atoms with Gasteiger partial charge in [0.25, 0.3) is 0 Å². The van der Waals surface area contributed by atoms with E-state index in [9.17, 15) is 14.4 Å². The molecule has 0 aliphatic carbocycles. The van der Waals surface area contributed by atoms with Gasteiger partial charge in [-0.15, -0.1) is 0 Å². The van der Waals surface area contributed by atoms with Crippen molar-refractivity contribution in [1.82, 2.24) is 4.90 Å². The molecule has 0 radical (unpaired) electrons. The zero-order chi connectivity index (χ0) is 21.4. The summed E-state index contributed by atoms with van der Waals surface area (Å²) in [6.45, 7) is 4.08. The first-order valence-corrected chi connectivity index (χ1v) is 9.46. The molecule has 0 spiro atoms. The number of amides is 2. The van der Waals surface area contributed by atoms with Gasteiger partial charge in [0, 0.05) is 26.0 Å². The summed E-state index contributed by atoms with van der Waals surface area (Å²) >= 11 is 0. The highest BCUT2D eigenvalue weighted by Crippen LogP contribution is 2.33. The van der Waals surface area contributed by atoms with Gasteiger partial charge in [-0.2, -0.15) is 0 Å². The number of hydrogen-bond donors (Lipinski definition) is 0. The molecule has 0 N–H and O–H groups in total. The van der Waals surface area contributed by atoms with Crippen molar-refractivity contribution in [3.05, 3.63) is 18.2 Å². The van der Waals surface area contributed by atoms with E-state index in [-0.39, 0.29) is 31.5 Å². The van der Waals surface area contributed by atoms with Gasteiger partial charge >= 0.3 is 5.97 Å². The molecule has 29 heavy (non-hydrogen) atoms. The van der Waals surface area contributed by atoms with Crippen molar-refractivity contribution in [3.8, 4) is 11.5 Å². The summed E-state index contributed by atoms with van der Waals surface area (Å²) in [5.74, 6) is -0.0450. The topological polar surface area (TPSA) is 94.6 Å². The standard InChI is InChI=1S/C20H28N2O7/c1-5-28-10-11-29-20(25)16-7-9-19(24)22(16)13-21(14(2)23)17-12-15(26-3)6-8-18(17)27-4/h6,8,12,16H,5,7,9-11,13H2,1-4H3/t16-/m1/s1. The molecule has 0 saturated carbocycles. The first-order valence-electron chi connectivity index (χ1n) is 9.46. The lowest BCUT2D eigenvalue weighted by atomic mass is 10.2. The van der Waals surface area contributed by atoms with Crippen LogP contribution in [0.4, 0.5) is 5.69 Å². The van der Waals surface area contributed by atoms with E-state index in [1.54, 1.807) is 18.2 Å². The van der Waals surface area contributed by atoms with Crippen LogP contribution >= 0.6 is 0 Å². The highest BCUT2D eigenvalue weighted by atomic mass is 16.6. The second-order valence-electron chi connectivity index (χ2n) is 6.41. The Morgan fingerprint density at radius 2 is 1.97 bits per heavy atom. The smallest absolute Gasteiger partial charge is 0.329 e. The quantitative estimate of drug-likeness (QED) is 0.429. The van der Waals surface area contributed by atoms with E-state index in [2.05, 4.69) is 0 Å². The molecule has 2 rings (SSSR count). The summed E-state index contributed by atoms with van der Waals surface area (Å²) in [5.41, 5.74) is 0.447. The highest BCUT2D eigenvalue weighted by molar-refractivity contribution is 5.95. The Balaban J connectivity index is 2.21. The maximum atomic E-state index is 12.5. The fraction of sp³-hybridized carbons (Fsp3) is 0.550. The van der Waals surface area contributed by atoms with Gasteiger partial charge in [-0.25, -0.2) is 4.79 Å². The Morgan fingerprint density at radius 3 is 2.59 bits per heavy atom. The molecule has 0 aromatic heterocycles. The summed E-state index contributed by atoms with van der Waals surface area (Å²) in [6.07, 6.45) is 0.555. The Morgan fingerprint density at radius 1 is 1.21 bits per heavy atom. The third-order valence-corrected chi connectivity index (χ3v) is 4.63. The summed E-state index contributed by atoms with van der Waals surface area (Å²) in [7, 11) is 3.01. The summed E-state index contributed by atoms with van der Waals surface area (Å²) < 4.78 is 21.0. The molecular formula is C20H28N2O7. The maximum absolute atomic E-state index is 12.5. The van der Waals surface area contributed by atoms with Crippen LogP contribution in [-0.2, 0) is 23.9 Å². The Hall–Kier alpha value is -2.81. The molecule has 1 aromatic rings. The van der Waals surface area contributed by atoms with Gasteiger partial charge < -0.3 is 23.8 Å². The molecule has 1 aromatic carbocycles. The van der Waals surface area contributed by atoms with Gasteiger partial charge in [0.15, 0.2) is 0 Å². The normalized spacial score (nSPS) is 15.9. The molecule has 1 aliphatic rings. The monoisotopic (exact) mass is 408 g/mol. The molecule has 0 bridgehead atoms. The number of carbonyl (C=O) groups is 3. The molecule has 1 heterocycles. The molecule has 1 aliphatic heterocycles. The van der Waals surface area contributed by atoms with Crippen LogP contribution in [0.1, 0.15) is 26.7 Å². The SMILES string of the molecule is CCOCCOC(=O)[C@H]1CCC(=O)N1CN(C(C)=O)c1cc(OC)ccc1OC. The van der Waals surface area contributed by atoms with Crippen molar-refractivity contribution in [2.24, 2.45) is 0 Å². The van der Waals surface area contributed by atoms with Crippen LogP contribution in [0.25, 0.3) is 0 Å². The van der Waals surface area contributed by atoms with Gasteiger partial charge in [-0.3, -0.25) is 14.5 Å². The number of rotatable bonds is 10. The number of hydrogen-bond acceptors (Lipinski definition) is 7. The zero-order valence-electron chi connectivity index (χ0n) is 17.3. The lowest BCUT2D eigenvalue weighted by Crippen LogP contribution is -2.48. The van der Waals surface area contributed by atoms with E-state index in [4.69, 9.17) is 18.9 Å². The summed E-state index contributed by atoms with van der Waals surface area (Å²) in [5, 5.41) is 0. The van der Waals surface area contributed by atoms with Gasteiger partial charge in [-0.1, -0.05) is 0 Å². The van der Waals surface area contributed by atoms with Crippen LogP contribution in [0.3, 0.4) is 0 Å². The average Bonchev–Trinajstić information content (AvgIpc) is 3.08. The maximum Gasteiger partial charge on any atom is 0.329 e. The van der Waals surface area contributed by atoms with Crippen molar-refractivity contribution in [3.63, 3.8) is 0 Å². The largest absolute Gasteiger partial charge is 0.497 e. The van der Waals surface area contributed by atoms with E-state index in [1.807, 2.05) is 6.92 Å². The van der Waals surface area contributed by atoms with Gasteiger partial charge in [0.05, 0.1) is 26.5 Å². The Labute approximate surface area is 170 Å². The van der Waals surface area contributed by atoms with E-state index >= 15 is 0 Å². The van der Waals surface area contributed by atoms with Crippen LogP contribution in [0.5, 0.6) is 11.5 Å². The average molecular weight is 408 g/mol. The van der Waals surface area contributed by atoms with E-state index in [1.165, 1.54) is 30.9 Å². The zero-order valence-corrected chi connectivity index (χ0v) is 17.3. The van der Waals surface area contributed by atoms with Crippen molar-refractivity contribution in [2.45, 2.75) is 32.7 Å². The number of esters is 1. The van der Waals surface area contributed by atoms with Gasteiger partial charge in [0.1, 0.15) is 30.8 Å². The van der Waals surface area contributed by atoms with Crippen LogP contribution < -0.4 is 14.4 Å². The molecule has 9 heteroatoms. The van der Waals surface area contributed by atoms with E-state index in [0.717, 1.165) is 0 Å². The first kappa shape index (κ1) is 22.5. The van der Waals surface area contributed by atoms with Crippen molar-refractivity contribution >= 4 is 23.5 Å². The molecule has 1 fully saturated rings. The highest BCUT2D eigenvalue weighted by Gasteiger charge is 2.39. The Bertz CT molecular complexity index is 738. The molecule has 2 amide bonds. The molecule has 0 unspecified atom stereocenters. The second-order valence-corrected chi connectivity index (χ2v) is 6.41. The molecule has 160 valence electrons. The molecular weight excluding hydrogens is 380 g/mol.